The fourth-order valence-electron chi connectivity index (χ4n) is 3.29. The Hall–Kier alpha value is -2.21. The topological polar surface area (TPSA) is 34.0 Å². The largest absolute Gasteiger partial charge is 0.346 e. The zero-order valence-corrected chi connectivity index (χ0v) is 14.6. The SMILES string of the molecule is Cc1cc(C)n(C2CCN(c3nc(-c4ccc(F)cc4)cs3)C2)n1. The molecule has 0 saturated carbocycles. The van der Waals surface area contributed by atoms with Crippen LogP contribution in [0.15, 0.2) is 35.7 Å². The molecule has 4 rings (SSSR count). The summed E-state index contributed by atoms with van der Waals surface area (Å²) in [6.45, 7) is 6.06. The van der Waals surface area contributed by atoms with Crippen LogP contribution in [0.2, 0.25) is 0 Å². The van der Waals surface area contributed by atoms with Crippen LogP contribution in [0.5, 0.6) is 0 Å². The Morgan fingerprint density at radius 1 is 1.21 bits per heavy atom. The van der Waals surface area contributed by atoms with E-state index in [-0.39, 0.29) is 5.82 Å². The van der Waals surface area contributed by atoms with Crippen molar-refractivity contribution in [2.24, 2.45) is 0 Å². The van der Waals surface area contributed by atoms with Crippen LogP contribution in [0.3, 0.4) is 0 Å². The minimum atomic E-state index is -0.221. The molecular weight excluding hydrogens is 323 g/mol. The van der Waals surface area contributed by atoms with E-state index in [4.69, 9.17) is 4.98 Å². The molecule has 1 aliphatic heterocycles. The molecule has 4 nitrogen and oxygen atoms in total. The molecule has 3 heterocycles. The van der Waals surface area contributed by atoms with E-state index < -0.39 is 0 Å². The highest BCUT2D eigenvalue weighted by atomic mass is 32.1. The summed E-state index contributed by atoms with van der Waals surface area (Å²) in [6, 6.07) is 9.02. The van der Waals surface area contributed by atoms with Gasteiger partial charge in [0.25, 0.3) is 0 Å². The van der Waals surface area contributed by atoms with Crippen LogP contribution in [0.1, 0.15) is 23.9 Å². The van der Waals surface area contributed by atoms with Gasteiger partial charge in [0.1, 0.15) is 5.82 Å². The lowest BCUT2D eigenvalue weighted by Gasteiger charge is -2.16. The van der Waals surface area contributed by atoms with Crippen LogP contribution in [0, 0.1) is 19.7 Å². The molecule has 0 N–H and O–H groups in total. The molecule has 1 fully saturated rings. The van der Waals surface area contributed by atoms with Gasteiger partial charge in [-0.15, -0.1) is 11.3 Å². The maximum Gasteiger partial charge on any atom is 0.185 e. The van der Waals surface area contributed by atoms with Crippen LogP contribution in [0.4, 0.5) is 9.52 Å². The number of halogens is 1. The van der Waals surface area contributed by atoms with Crippen molar-refractivity contribution in [1.82, 2.24) is 14.8 Å². The van der Waals surface area contributed by atoms with Crippen LogP contribution in [-0.2, 0) is 0 Å². The van der Waals surface area contributed by atoms with Gasteiger partial charge in [0, 0.05) is 29.7 Å². The first-order valence-corrected chi connectivity index (χ1v) is 8.97. The first kappa shape index (κ1) is 15.3. The average Bonchev–Trinajstić information content (AvgIpc) is 3.27. The summed E-state index contributed by atoms with van der Waals surface area (Å²) in [5.41, 5.74) is 4.14. The average molecular weight is 342 g/mol. The Morgan fingerprint density at radius 3 is 2.71 bits per heavy atom. The number of anilines is 1. The first-order valence-electron chi connectivity index (χ1n) is 8.09. The molecule has 0 bridgehead atoms. The van der Waals surface area contributed by atoms with Gasteiger partial charge in [-0.25, -0.2) is 9.37 Å². The summed E-state index contributed by atoms with van der Waals surface area (Å²) < 4.78 is 15.2. The summed E-state index contributed by atoms with van der Waals surface area (Å²) in [5.74, 6) is -0.221. The second-order valence-corrected chi connectivity index (χ2v) is 7.12. The van der Waals surface area contributed by atoms with Crippen molar-refractivity contribution in [3.05, 3.63) is 52.9 Å². The first-order chi connectivity index (χ1) is 11.6. The maximum absolute atomic E-state index is 13.1. The van der Waals surface area contributed by atoms with E-state index in [9.17, 15) is 4.39 Å². The lowest BCUT2D eigenvalue weighted by atomic mass is 10.2. The van der Waals surface area contributed by atoms with E-state index >= 15 is 0 Å². The molecule has 0 radical (unpaired) electrons. The van der Waals surface area contributed by atoms with Crippen molar-refractivity contribution in [3.63, 3.8) is 0 Å². The third kappa shape index (κ3) is 2.82. The summed E-state index contributed by atoms with van der Waals surface area (Å²) in [7, 11) is 0. The molecule has 124 valence electrons. The van der Waals surface area contributed by atoms with Crippen molar-refractivity contribution in [2.45, 2.75) is 26.3 Å². The lowest BCUT2D eigenvalue weighted by Crippen LogP contribution is -2.21. The van der Waals surface area contributed by atoms with Gasteiger partial charge in [-0.05, 0) is 50.6 Å². The van der Waals surface area contributed by atoms with Crippen molar-refractivity contribution < 1.29 is 4.39 Å². The normalized spacial score (nSPS) is 17.6. The Kier molecular flexibility index (Phi) is 3.84. The number of thiazole rings is 1. The predicted octanol–water partition coefficient (Wildman–Crippen LogP) is 4.21. The minimum Gasteiger partial charge on any atom is -0.346 e. The van der Waals surface area contributed by atoms with Crippen molar-refractivity contribution in [1.29, 1.82) is 0 Å². The van der Waals surface area contributed by atoms with Crippen LogP contribution >= 0.6 is 11.3 Å². The Bertz CT molecular complexity index is 852. The zero-order valence-electron chi connectivity index (χ0n) is 13.7. The van der Waals surface area contributed by atoms with Crippen LogP contribution < -0.4 is 4.90 Å². The van der Waals surface area contributed by atoms with Gasteiger partial charge in [0.2, 0.25) is 0 Å². The fourth-order valence-corrected chi connectivity index (χ4v) is 4.17. The molecule has 2 aromatic heterocycles. The molecule has 3 aromatic rings. The third-order valence-electron chi connectivity index (χ3n) is 4.46. The van der Waals surface area contributed by atoms with E-state index in [1.54, 1.807) is 23.5 Å². The van der Waals surface area contributed by atoms with E-state index in [0.29, 0.717) is 6.04 Å². The van der Waals surface area contributed by atoms with Gasteiger partial charge < -0.3 is 4.90 Å². The maximum atomic E-state index is 13.1. The highest BCUT2D eigenvalue weighted by Crippen LogP contribution is 2.32. The molecular formula is C18H19FN4S. The van der Waals surface area contributed by atoms with Crippen LogP contribution in [-0.4, -0.2) is 27.9 Å². The van der Waals surface area contributed by atoms with E-state index in [1.807, 2.05) is 12.3 Å². The Balaban J connectivity index is 1.51. The highest BCUT2D eigenvalue weighted by molar-refractivity contribution is 7.14. The van der Waals surface area contributed by atoms with E-state index in [1.165, 1.54) is 17.8 Å². The lowest BCUT2D eigenvalue weighted by molar-refractivity contribution is 0.481. The third-order valence-corrected chi connectivity index (χ3v) is 5.36. The molecule has 1 atom stereocenters. The van der Waals surface area contributed by atoms with E-state index in [0.717, 1.165) is 41.6 Å². The zero-order chi connectivity index (χ0) is 16.7. The molecule has 0 aliphatic carbocycles. The van der Waals surface area contributed by atoms with Crippen LogP contribution in [0.25, 0.3) is 11.3 Å². The van der Waals surface area contributed by atoms with Crippen molar-refractivity contribution >= 4 is 16.5 Å². The van der Waals surface area contributed by atoms with Crippen molar-refractivity contribution in [3.8, 4) is 11.3 Å². The number of aryl methyl sites for hydroxylation is 2. The second kappa shape index (κ2) is 6.02. The summed E-state index contributed by atoms with van der Waals surface area (Å²) >= 11 is 1.64. The number of aromatic nitrogens is 3. The molecule has 0 amide bonds. The molecule has 6 heteroatoms. The number of nitrogens with zero attached hydrogens (tertiary/aromatic N) is 4. The second-order valence-electron chi connectivity index (χ2n) is 6.28. The van der Waals surface area contributed by atoms with Gasteiger partial charge >= 0.3 is 0 Å². The minimum absolute atomic E-state index is 0.221. The van der Waals surface area contributed by atoms with Gasteiger partial charge in [0.15, 0.2) is 5.13 Å². The molecule has 0 spiro atoms. The molecule has 1 aliphatic rings. The standard InChI is InChI=1S/C18H19FN4S/c1-12-9-13(2)23(21-12)16-7-8-22(10-16)18-20-17(11-24-18)14-3-5-15(19)6-4-14/h3-6,9,11,16H,7-8,10H2,1-2H3. The van der Waals surface area contributed by atoms with Crippen molar-refractivity contribution in [2.75, 3.05) is 18.0 Å². The Morgan fingerprint density at radius 2 is 2.00 bits per heavy atom. The molecule has 24 heavy (non-hydrogen) atoms. The smallest absolute Gasteiger partial charge is 0.185 e. The molecule has 1 aromatic carbocycles. The van der Waals surface area contributed by atoms with Gasteiger partial charge in [-0.1, -0.05) is 0 Å². The number of benzene rings is 1. The predicted molar refractivity (Wildman–Crippen MR) is 95.1 cm³/mol. The fraction of sp³-hybridized carbons (Fsp3) is 0.333. The van der Waals surface area contributed by atoms with Gasteiger partial charge in [-0.2, -0.15) is 5.10 Å². The number of hydrogen-bond donors (Lipinski definition) is 0. The van der Waals surface area contributed by atoms with Gasteiger partial charge in [0.05, 0.1) is 17.4 Å². The van der Waals surface area contributed by atoms with E-state index in [2.05, 4.69) is 27.7 Å². The quantitative estimate of drug-likeness (QED) is 0.715. The highest BCUT2D eigenvalue weighted by Gasteiger charge is 2.27. The number of hydrogen-bond acceptors (Lipinski definition) is 4. The summed E-state index contributed by atoms with van der Waals surface area (Å²) in [6.07, 6.45) is 1.08. The molecule has 1 unspecified atom stereocenters. The Labute approximate surface area is 144 Å². The molecule has 1 saturated heterocycles. The summed E-state index contributed by atoms with van der Waals surface area (Å²) in [4.78, 5) is 7.06. The monoisotopic (exact) mass is 342 g/mol. The number of rotatable bonds is 3. The van der Waals surface area contributed by atoms with Gasteiger partial charge in [-0.3, -0.25) is 4.68 Å². The summed E-state index contributed by atoms with van der Waals surface area (Å²) in [5, 5.41) is 7.69.